The number of hydrogen-bond donors (Lipinski definition) is 0. The van der Waals surface area contributed by atoms with Crippen molar-refractivity contribution in [1.82, 2.24) is 4.31 Å². The Morgan fingerprint density at radius 3 is 2.75 bits per heavy atom. The first kappa shape index (κ1) is 16.3. The minimum atomic E-state index is -3.59. The van der Waals surface area contributed by atoms with Gasteiger partial charge >= 0.3 is 5.97 Å². The Hall–Kier alpha value is -1.22. The van der Waals surface area contributed by atoms with Gasteiger partial charge in [-0.05, 0) is 47.0 Å². The third kappa shape index (κ3) is 2.44. The van der Waals surface area contributed by atoms with Gasteiger partial charge in [0.1, 0.15) is 4.21 Å². The Kier molecular flexibility index (Phi) is 3.83. The second-order valence-corrected chi connectivity index (χ2v) is 10.6. The third-order valence-corrected chi connectivity index (χ3v) is 8.42. The fourth-order valence-corrected chi connectivity index (χ4v) is 7.09. The molecule has 1 fully saturated rings. The molecule has 1 atom stereocenters. The molecule has 1 aromatic carbocycles. The quantitative estimate of drug-likeness (QED) is 0.689. The predicted octanol–water partition coefficient (Wildman–Crippen LogP) is 3.36. The largest absolute Gasteiger partial charge is 0.449 e. The Bertz CT molecular complexity index is 924. The van der Waals surface area contributed by atoms with Crippen LogP contribution in [-0.4, -0.2) is 31.8 Å². The number of carbonyl (C=O) groups is 1. The number of rotatable bonds is 2. The summed E-state index contributed by atoms with van der Waals surface area (Å²) < 4.78 is 34.0. The highest BCUT2D eigenvalue weighted by atomic mass is 79.9. The SMILES string of the molecule is O=C1OC2(CCCN(S(=O)(=O)c3ccc(Br)s3)C2)c2ccccc21. The predicted molar refractivity (Wildman–Crippen MR) is 93.5 cm³/mol. The van der Waals surface area contributed by atoms with Crippen molar-refractivity contribution in [3.63, 3.8) is 0 Å². The zero-order valence-electron chi connectivity index (χ0n) is 12.6. The second kappa shape index (κ2) is 5.66. The van der Waals surface area contributed by atoms with Crippen LogP contribution in [0, 0.1) is 0 Å². The minimum Gasteiger partial charge on any atom is -0.449 e. The van der Waals surface area contributed by atoms with Crippen LogP contribution in [-0.2, 0) is 20.4 Å². The van der Waals surface area contributed by atoms with Gasteiger partial charge in [0.05, 0.1) is 15.9 Å². The number of piperidine rings is 1. The summed E-state index contributed by atoms with van der Waals surface area (Å²) in [6, 6.07) is 10.6. The third-order valence-electron chi connectivity index (χ3n) is 4.49. The number of nitrogens with zero attached hydrogens (tertiary/aromatic N) is 1. The van der Waals surface area contributed by atoms with Crippen LogP contribution in [0.5, 0.6) is 0 Å². The van der Waals surface area contributed by atoms with Crippen molar-refractivity contribution in [3.8, 4) is 0 Å². The summed E-state index contributed by atoms with van der Waals surface area (Å²) in [6.07, 6.45) is 1.28. The number of hydrogen-bond acceptors (Lipinski definition) is 5. The van der Waals surface area contributed by atoms with Gasteiger partial charge in [-0.3, -0.25) is 0 Å². The molecule has 0 radical (unpaired) electrons. The van der Waals surface area contributed by atoms with Gasteiger partial charge in [-0.15, -0.1) is 11.3 Å². The molecule has 0 saturated carbocycles. The van der Waals surface area contributed by atoms with Gasteiger partial charge < -0.3 is 4.74 Å². The molecular weight excluding hydrogens is 414 g/mol. The van der Waals surface area contributed by atoms with Gasteiger partial charge in [-0.1, -0.05) is 18.2 Å². The fraction of sp³-hybridized carbons (Fsp3) is 0.312. The van der Waals surface area contributed by atoms with Gasteiger partial charge in [0.2, 0.25) is 0 Å². The molecule has 0 amide bonds. The fourth-order valence-electron chi connectivity index (χ4n) is 3.40. The van der Waals surface area contributed by atoms with Crippen molar-refractivity contribution < 1.29 is 17.9 Å². The maximum absolute atomic E-state index is 12.9. The van der Waals surface area contributed by atoms with Crippen LogP contribution in [0.15, 0.2) is 44.4 Å². The molecule has 2 aliphatic heterocycles. The lowest BCUT2D eigenvalue weighted by Crippen LogP contribution is -2.48. The number of carbonyl (C=O) groups excluding carboxylic acids is 1. The van der Waals surface area contributed by atoms with Crippen LogP contribution in [0.4, 0.5) is 0 Å². The molecule has 1 spiro atoms. The molecule has 126 valence electrons. The number of benzene rings is 1. The second-order valence-electron chi connectivity index (χ2n) is 5.93. The van der Waals surface area contributed by atoms with Gasteiger partial charge in [0.25, 0.3) is 10.0 Å². The van der Waals surface area contributed by atoms with Gasteiger partial charge in [0.15, 0.2) is 5.60 Å². The first-order chi connectivity index (χ1) is 11.4. The highest BCUT2D eigenvalue weighted by Gasteiger charge is 2.50. The Balaban J connectivity index is 1.72. The van der Waals surface area contributed by atoms with Gasteiger partial charge in [-0.25, -0.2) is 13.2 Å². The van der Waals surface area contributed by atoms with E-state index < -0.39 is 15.6 Å². The zero-order chi connectivity index (χ0) is 16.9. The summed E-state index contributed by atoms with van der Waals surface area (Å²) in [7, 11) is -3.59. The van der Waals surface area contributed by atoms with Crippen LogP contribution in [0.25, 0.3) is 0 Å². The first-order valence-corrected chi connectivity index (χ1v) is 10.6. The summed E-state index contributed by atoms with van der Waals surface area (Å²) in [4.78, 5) is 12.2. The molecule has 0 N–H and O–H groups in total. The van der Waals surface area contributed by atoms with E-state index in [-0.39, 0.29) is 12.5 Å². The van der Waals surface area contributed by atoms with Crippen LogP contribution in [0.3, 0.4) is 0 Å². The summed E-state index contributed by atoms with van der Waals surface area (Å²) in [5, 5.41) is 0. The van der Waals surface area contributed by atoms with Crippen LogP contribution in [0.2, 0.25) is 0 Å². The molecule has 24 heavy (non-hydrogen) atoms. The van der Waals surface area contributed by atoms with E-state index in [1.807, 2.05) is 12.1 Å². The lowest BCUT2D eigenvalue weighted by atomic mass is 9.86. The van der Waals surface area contributed by atoms with E-state index in [2.05, 4.69) is 15.9 Å². The molecular formula is C16H14BrNO4S2. The molecule has 1 saturated heterocycles. The molecule has 1 aromatic heterocycles. The van der Waals surface area contributed by atoms with E-state index in [0.717, 1.165) is 9.35 Å². The van der Waals surface area contributed by atoms with Gasteiger partial charge in [0, 0.05) is 12.1 Å². The van der Waals surface area contributed by atoms with Crippen molar-refractivity contribution in [2.45, 2.75) is 22.7 Å². The van der Waals surface area contributed by atoms with Crippen LogP contribution < -0.4 is 0 Å². The highest BCUT2D eigenvalue weighted by Crippen LogP contribution is 2.44. The molecule has 0 aliphatic carbocycles. The van der Waals surface area contributed by atoms with E-state index in [9.17, 15) is 13.2 Å². The van der Waals surface area contributed by atoms with Crippen molar-refractivity contribution >= 4 is 43.3 Å². The average Bonchev–Trinajstić information content (AvgIpc) is 3.12. The molecule has 2 aromatic rings. The lowest BCUT2D eigenvalue weighted by molar-refractivity contribution is -0.0345. The molecule has 2 aliphatic rings. The number of fused-ring (bicyclic) bond motifs is 2. The van der Waals surface area contributed by atoms with Crippen LogP contribution >= 0.6 is 27.3 Å². The number of thiophene rings is 1. The molecule has 8 heteroatoms. The molecule has 4 rings (SSSR count). The first-order valence-electron chi connectivity index (χ1n) is 7.51. The Labute approximate surface area is 152 Å². The summed E-state index contributed by atoms with van der Waals surface area (Å²) >= 11 is 4.49. The molecule has 0 bridgehead atoms. The van der Waals surface area contributed by atoms with E-state index in [1.165, 1.54) is 15.6 Å². The average molecular weight is 428 g/mol. The topological polar surface area (TPSA) is 63.7 Å². The van der Waals surface area contributed by atoms with Crippen molar-refractivity contribution in [2.75, 3.05) is 13.1 Å². The highest BCUT2D eigenvalue weighted by molar-refractivity contribution is 9.11. The van der Waals surface area contributed by atoms with E-state index in [4.69, 9.17) is 4.74 Å². The smallest absolute Gasteiger partial charge is 0.339 e. The van der Waals surface area contributed by atoms with Crippen LogP contribution in [0.1, 0.15) is 28.8 Å². The van der Waals surface area contributed by atoms with Crippen molar-refractivity contribution in [2.24, 2.45) is 0 Å². The van der Waals surface area contributed by atoms with Crippen molar-refractivity contribution in [3.05, 3.63) is 51.3 Å². The van der Waals surface area contributed by atoms with E-state index >= 15 is 0 Å². The van der Waals surface area contributed by atoms with Gasteiger partial charge in [-0.2, -0.15) is 4.31 Å². The van der Waals surface area contributed by atoms with E-state index in [1.54, 1.807) is 24.3 Å². The monoisotopic (exact) mass is 427 g/mol. The Morgan fingerprint density at radius 2 is 2.00 bits per heavy atom. The maximum atomic E-state index is 12.9. The summed E-state index contributed by atoms with van der Waals surface area (Å²) in [5.41, 5.74) is 0.464. The normalized spacial score (nSPS) is 24.1. The Morgan fingerprint density at radius 1 is 1.21 bits per heavy atom. The number of sulfonamides is 1. The molecule has 1 unspecified atom stereocenters. The zero-order valence-corrected chi connectivity index (χ0v) is 15.8. The minimum absolute atomic E-state index is 0.160. The maximum Gasteiger partial charge on any atom is 0.339 e. The standard InChI is InChI=1S/C16H14BrNO4S2/c17-13-6-7-14(23-13)24(20,21)18-9-3-8-16(10-18)12-5-2-1-4-11(12)15(19)22-16/h1-2,4-7H,3,8-10H2. The van der Waals surface area contributed by atoms with Crippen molar-refractivity contribution in [1.29, 1.82) is 0 Å². The number of ether oxygens (including phenoxy) is 1. The lowest BCUT2D eigenvalue weighted by Gasteiger charge is -2.38. The number of halogens is 1. The summed E-state index contributed by atoms with van der Waals surface area (Å²) in [6.45, 7) is 0.590. The molecule has 3 heterocycles. The molecule has 5 nitrogen and oxygen atoms in total. The number of esters is 1. The van der Waals surface area contributed by atoms with E-state index in [0.29, 0.717) is 29.2 Å². The summed E-state index contributed by atoms with van der Waals surface area (Å²) in [5.74, 6) is -0.372.